The maximum atomic E-state index is 12.6. The smallest absolute Gasteiger partial charge is 0.273 e. The standard InChI is InChI=1S/C17H17Cl3N4O/c18-11-9-13(19)15(14(20)10-11)22-23-17(25)12-5-4-6-21-16(12)24-7-2-1-3-8-24/h4-6,9-10,22H,1-3,7-8H2,(H,23,25). The van der Waals surface area contributed by atoms with Crippen molar-refractivity contribution in [2.45, 2.75) is 19.3 Å². The number of pyridine rings is 1. The predicted octanol–water partition coefficient (Wildman–Crippen LogP) is 4.79. The molecule has 1 aliphatic rings. The highest BCUT2D eigenvalue weighted by Crippen LogP contribution is 2.33. The number of carbonyl (C=O) groups is 1. The number of nitrogens with zero attached hydrogens (tertiary/aromatic N) is 2. The molecule has 1 aromatic heterocycles. The summed E-state index contributed by atoms with van der Waals surface area (Å²) < 4.78 is 0. The first kappa shape index (κ1) is 18.1. The molecule has 1 saturated heterocycles. The van der Waals surface area contributed by atoms with Gasteiger partial charge in [0.25, 0.3) is 5.91 Å². The highest BCUT2D eigenvalue weighted by Gasteiger charge is 2.20. The maximum Gasteiger partial charge on any atom is 0.273 e. The lowest BCUT2D eigenvalue weighted by Gasteiger charge is -2.29. The second-order valence-corrected chi connectivity index (χ2v) is 7.00. The van der Waals surface area contributed by atoms with Gasteiger partial charge in [0.2, 0.25) is 0 Å². The molecule has 1 aliphatic heterocycles. The Morgan fingerprint density at radius 1 is 1.08 bits per heavy atom. The molecule has 2 aromatic rings. The zero-order chi connectivity index (χ0) is 17.8. The summed E-state index contributed by atoms with van der Waals surface area (Å²) in [6.07, 6.45) is 5.11. The lowest BCUT2D eigenvalue weighted by molar-refractivity contribution is 0.0963. The number of carbonyl (C=O) groups excluding carboxylic acids is 1. The van der Waals surface area contributed by atoms with E-state index in [1.807, 2.05) is 0 Å². The molecule has 8 heteroatoms. The molecule has 0 radical (unpaired) electrons. The fourth-order valence-corrected chi connectivity index (χ4v) is 3.69. The second kappa shape index (κ2) is 8.13. The molecule has 0 atom stereocenters. The van der Waals surface area contributed by atoms with E-state index in [4.69, 9.17) is 34.8 Å². The summed E-state index contributed by atoms with van der Waals surface area (Å²) in [5, 5.41) is 1.06. The Kier molecular flexibility index (Phi) is 5.89. The van der Waals surface area contributed by atoms with Crippen LogP contribution in [0.2, 0.25) is 15.1 Å². The van der Waals surface area contributed by atoms with Gasteiger partial charge >= 0.3 is 0 Å². The van der Waals surface area contributed by atoms with E-state index in [9.17, 15) is 4.79 Å². The van der Waals surface area contributed by atoms with Crippen LogP contribution in [0.1, 0.15) is 29.6 Å². The molecule has 0 saturated carbocycles. The number of benzene rings is 1. The molecule has 132 valence electrons. The van der Waals surface area contributed by atoms with Gasteiger partial charge in [-0.1, -0.05) is 34.8 Å². The molecule has 5 nitrogen and oxygen atoms in total. The van der Waals surface area contributed by atoms with Crippen LogP contribution in [0.4, 0.5) is 11.5 Å². The Bertz CT molecular complexity index is 755. The molecular weight excluding hydrogens is 383 g/mol. The van der Waals surface area contributed by atoms with Crippen LogP contribution in [0, 0.1) is 0 Å². The first-order chi connectivity index (χ1) is 12.1. The fraction of sp³-hybridized carbons (Fsp3) is 0.294. The van der Waals surface area contributed by atoms with E-state index in [-0.39, 0.29) is 5.91 Å². The topological polar surface area (TPSA) is 57.3 Å². The van der Waals surface area contributed by atoms with Crippen LogP contribution in [0.5, 0.6) is 0 Å². The largest absolute Gasteiger partial charge is 0.356 e. The minimum atomic E-state index is -0.309. The Balaban J connectivity index is 1.76. The molecule has 25 heavy (non-hydrogen) atoms. The summed E-state index contributed by atoms with van der Waals surface area (Å²) in [7, 11) is 0. The van der Waals surface area contributed by atoms with E-state index in [1.54, 1.807) is 30.5 Å². The minimum absolute atomic E-state index is 0.309. The first-order valence-electron chi connectivity index (χ1n) is 7.97. The molecule has 0 spiro atoms. The number of halogens is 3. The Hall–Kier alpha value is -1.69. The highest BCUT2D eigenvalue weighted by molar-refractivity contribution is 6.41. The second-order valence-electron chi connectivity index (χ2n) is 5.75. The number of hydrogen-bond acceptors (Lipinski definition) is 4. The van der Waals surface area contributed by atoms with Gasteiger partial charge in [0.15, 0.2) is 0 Å². The van der Waals surface area contributed by atoms with Crippen molar-refractivity contribution in [2.24, 2.45) is 0 Å². The predicted molar refractivity (Wildman–Crippen MR) is 103 cm³/mol. The van der Waals surface area contributed by atoms with Crippen molar-refractivity contribution in [3.8, 4) is 0 Å². The summed E-state index contributed by atoms with van der Waals surface area (Å²) in [4.78, 5) is 19.2. The van der Waals surface area contributed by atoms with Crippen LogP contribution in [-0.4, -0.2) is 24.0 Å². The van der Waals surface area contributed by atoms with Gasteiger partial charge in [-0.3, -0.25) is 15.6 Å². The van der Waals surface area contributed by atoms with Crippen LogP contribution in [0.15, 0.2) is 30.5 Å². The lowest BCUT2D eigenvalue weighted by atomic mass is 10.1. The van der Waals surface area contributed by atoms with Gasteiger partial charge in [0, 0.05) is 24.3 Å². The summed E-state index contributed by atoms with van der Waals surface area (Å²) in [5.74, 6) is 0.380. The summed E-state index contributed by atoms with van der Waals surface area (Å²) in [5.41, 5.74) is 6.29. The SMILES string of the molecule is O=C(NNc1c(Cl)cc(Cl)cc1Cl)c1cccnc1N1CCCCC1. The quantitative estimate of drug-likeness (QED) is 0.726. The van der Waals surface area contributed by atoms with E-state index >= 15 is 0 Å². The van der Waals surface area contributed by atoms with E-state index in [0.717, 1.165) is 25.9 Å². The van der Waals surface area contributed by atoms with Crippen molar-refractivity contribution in [3.05, 3.63) is 51.1 Å². The molecule has 1 fully saturated rings. The number of aromatic nitrogens is 1. The monoisotopic (exact) mass is 398 g/mol. The van der Waals surface area contributed by atoms with Crippen LogP contribution in [0.3, 0.4) is 0 Å². The van der Waals surface area contributed by atoms with Crippen LogP contribution >= 0.6 is 34.8 Å². The Labute approximate surface area is 161 Å². The minimum Gasteiger partial charge on any atom is -0.356 e. The summed E-state index contributed by atoms with van der Waals surface area (Å²) in [6, 6.07) is 6.59. The average molecular weight is 400 g/mol. The highest BCUT2D eigenvalue weighted by atomic mass is 35.5. The van der Waals surface area contributed by atoms with Gasteiger partial charge in [0.05, 0.1) is 21.3 Å². The summed E-state index contributed by atoms with van der Waals surface area (Å²) in [6.45, 7) is 1.80. The van der Waals surface area contributed by atoms with Crippen molar-refractivity contribution in [2.75, 3.05) is 23.4 Å². The van der Waals surface area contributed by atoms with Gasteiger partial charge < -0.3 is 4.90 Å². The number of hydrazine groups is 1. The van der Waals surface area contributed by atoms with E-state index in [2.05, 4.69) is 20.7 Å². The molecular formula is C17H17Cl3N4O. The normalized spacial score (nSPS) is 14.3. The van der Waals surface area contributed by atoms with Crippen LogP contribution < -0.4 is 15.8 Å². The fourth-order valence-electron chi connectivity index (χ4n) is 2.78. The van der Waals surface area contributed by atoms with E-state index in [0.29, 0.717) is 32.1 Å². The van der Waals surface area contributed by atoms with Crippen molar-refractivity contribution < 1.29 is 4.79 Å². The molecule has 1 aromatic carbocycles. The van der Waals surface area contributed by atoms with Gasteiger partial charge in [-0.15, -0.1) is 0 Å². The average Bonchev–Trinajstić information content (AvgIpc) is 2.61. The third kappa shape index (κ3) is 4.29. The Morgan fingerprint density at radius 2 is 1.76 bits per heavy atom. The molecule has 3 rings (SSSR count). The number of rotatable bonds is 4. The van der Waals surface area contributed by atoms with Crippen molar-refractivity contribution in [1.82, 2.24) is 10.4 Å². The number of amides is 1. The van der Waals surface area contributed by atoms with Crippen LogP contribution in [-0.2, 0) is 0 Å². The molecule has 2 heterocycles. The first-order valence-corrected chi connectivity index (χ1v) is 9.10. The number of hydrogen-bond donors (Lipinski definition) is 2. The number of anilines is 2. The zero-order valence-electron chi connectivity index (χ0n) is 13.4. The van der Waals surface area contributed by atoms with Gasteiger partial charge in [0.1, 0.15) is 5.82 Å². The van der Waals surface area contributed by atoms with Gasteiger partial charge in [-0.25, -0.2) is 4.98 Å². The van der Waals surface area contributed by atoms with Crippen molar-refractivity contribution in [1.29, 1.82) is 0 Å². The lowest BCUT2D eigenvalue weighted by Crippen LogP contribution is -2.35. The van der Waals surface area contributed by atoms with Crippen molar-refractivity contribution in [3.63, 3.8) is 0 Å². The van der Waals surface area contributed by atoms with Crippen LogP contribution in [0.25, 0.3) is 0 Å². The third-order valence-electron chi connectivity index (χ3n) is 3.99. The maximum absolute atomic E-state index is 12.6. The third-order valence-corrected chi connectivity index (χ3v) is 4.81. The zero-order valence-corrected chi connectivity index (χ0v) is 15.6. The summed E-state index contributed by atoms with van der Waals surface area (Å²) >= 11 is 18.1. The number of nitrogens with one attached hydrogen (secondary N) is 2. The molecule has 0 bridgehead atoms. The van der Waals surface area contributed by atoms with Gasteiger partial charge in [-0.05, 0) is 43.5 Å². The van der Waals surface area contributed by atoms with Gasteiger partial charge in [-0.2, -0.15) is 0 Å². The van der Waals surface area contributed by atoms with E-state index in [1.165, 1.54) is 6.42 Å². The number of piperidine rings is 1. The molecule has 2 N–H and O–H groups in total. The molecule has 0 aliphatic carbocycles. The van der Waals surface area contributed by atoms with Crippen molar-refractivity contribution >= 4 is 52.2 Å². The Morgan fingerprint density at radius 3 is 2.44 bits per heavy atom. The van der Waals surface area contributed by atoms with E-state index < -0.39 is 0 Å². The molecule has 1 amide bonds. The molecule has 0 unspecified atom stereocenters.